The molecule has 0 saturated carbocycles. The Morgan fingerprint density at radius 1 is 1.62 bits per heavy atom. The lowest BCUT2D eigenvalue weighted by molar-refractivity contribution is -0.128. The lowest BCUT2D eigenvalue weighted by Gasteiger charge is -2.29. The summed E-state index contributed by atoms with van der Waals surface area (Å²) in [4.78, 5) is 12.3. The first-order valence-corrected chi connectivity index (χ1v) is 6.40. The quantitative estimate of drug-likeness (QED) is 0.746. The molecule has 4 nitrogen and oxygen atoms in total. The van der Waals surface area contributed by atoms with Gasteiger partial charge in [-0.2, -0.15) is 0 Å². The SMILES string of the molecule is CCCC1(C(=O)NC2CCOC2)CCCN1. The van der Waals surface area contributed by atoms with E-state index in [9.17, 15) is 4.79 Å². The third-order valence-electron chi connectivity index (χ3n) is 3.62. The fourth-order valence-corrected chi connectivity index (χ4v) is 2.73. The van der Waals surface area contributed by atoms with E-state index in [0.29, 0.717) is 6.61 Å². The third kappa shape index (κ3) is 2.38. The van der Waals surface area contributed by atoms with Crippen molar-refractivity contribution in [1.82, 2.24) is 10.6 Å². The summed E-state index contributed by atoms with van der Waals surface area (Å²) in [5.74, 6) is 0.183. The van der Waals surface area contributed by atoms with E-state index in [1.165, 1.54) is 0 Å². The van der Waals surface area contributed by atoms with Gasteiger partial charge in [-0.05, 0) is 32.2 Å². The second kappa shape index (κ2) is 5.15. The summed E-state index contributed by atoms with van der Waals surface area (Å²) in [6, 6.07) is 0.226. The molecule has 2 N–H and O–H groups in total. The van der Waals surface area contributed by atoms with Gasteiger partial charge in [0, 0.05) is 6.61 Å². The fourth-order valence-electron chi connectivity index (χ4n) is 2.73. The normalized spacial score (nSPS) is 34.2. The van der Waals surface area contributed by atoms with Gasteiger partial charge >= 0.3 is 0 Å². The summed E-state index contributed by atoms with van der Waals surface area (Å²) < 4.78 is 5.28. The first kappa shape index (κ1) is 11.9. The van der Waals surface area contributed by atoms with Crippen molar-refractivity contribution in [3.8, 4) is 0 Å². The second-order valence-corrected chi connectivity index (χ2v) is 4.90. The van der Waals surface area contributed by atoms with E-state index in [-0.39, 0.29) is 17.5 Å². The molecule has 0 aromatic carbocycles. The maximum atomic E-state index is 12.3. The highest BCUT2D eigenvalue weighted by Gasteiger charge is 2.40. The highest BCUT2D eigenvalue weighted by atomic mass is 16.5. The molecule has 16 heavy (non-hydrogen) atoms. The van der Waals surface area contributed by atoms with E-state index < -0.39 is 0 Å². The Morgan fingerprint density at radius 3 is 3.06 bits per heavy atom. The number of nitrogens with one attached hydrogen (secondary N) is 2. The fraction of sp³-hybridized carbons (Fsp3) is 0.917. The molecule has 2 atom stereocenters. The molecular weight excluding hydrogens is 204 g/mol. The van der Waals surface area contributed by atoms with Crippen LogP contribution in [-0.2, 0) is 9.53 Å². The molecular formula is C12H22N2O2. The average molecular weight is 226 g/mol. The summed E-state index contributed by atoms with van der Waals surface area (Å²) in [5, 5.41) is 6.51. The maximum absolute atomic E-state index is 12.3. The number of carbonyl (C=O) groups is 1. The maximum Gasteiger partial charge on any atom is 0.240 e. The third-order valence-corrected chi connectivity index (χ3v) is 3.62. The Labute approximate surface area is 97.1 Å². The predicted octanol–water partition coefficient (Wildman–Crippen LogP) is 0.814. The summed E-state index contributed by atoms with van der Waals surface area (Å²) in [7, 11) is 0. The molecule has 0 aromatic rings. The number of amides is 1. The minimum Gasteiger partial charge on any atom is -0.379 e. The lowest BCUT2D eigenvalue weighted by atomic mass is 9.90. The van der Waals surface area contributed by atoms with E-state index in [2.05, 4.69) is 17.6 Å². The molecule has 2 unspecified atom stereocenters. The zero-order valence-corrected chi connectivity index (χ0v) is 10.1. The van der Waals surface area contributed by atoms with Crippen LogP contribution in [0, 0.1) is 0 Å². The van der Waals surface area contributed by atoms with Crippen LogP contribution in [-0.4, -0.2) is 37.2 Å². The molecule has 4 heteroatoms. The smallest absolute Gasteiger partial charge is 0.240 e. The summed E-state index contributed by atoms with van der Waals surface area (Å²) in [6.07, 6.45) is 5.01. The molecule has 2 heterocycles. The Hall–Kier alpha value is -0.610. The second-order valence-electron chi connectivity index (χ2n) is 4.90. The van der Waals surface area contributed by atoms with E-state index >= 15 is 0 Å². The van der Waals surface area contributed by atoms with Crippen molar-refractivity contribution in [2.24, 2.45) is 0 Å². The van der Waals surface area contributed by atoms with Crippen molar-refractivity contribution in [2.45, 2.75) is 50.6 Å². The minimum absolute atomic E-state index is 0.183. The Kier molecular flexibility index (Phi) is 3.82. The largest absolute Gasteiger partial charge is 0.379 e. The first-order chi connectivity index (χ1) is 7.77. The first-order valence-electron chi connectivity index (χ1n) is 6.40. The number of carbonyl (C=O) groups excluding carboxylic acids is 1. The highest BCUT2D eigenvalue weighted by Crippen LogP contribution is 2.25. The van der Waals surface area contributed by atoms with Gasteiger partial charge in [0.2, 0.25) is 5.91 Å². The zero-order valence-electron chi connectivity index (χ0n) is 10.1. The van der Waals surface area contributed by atoms with Gasteiger partial charge < -0.3 is 15.4 Å². The van der Waals surface area contributed by atoms with Gasteiger partial charge in [-0.25, -0.2) is 0 Å². The molecule has 1 amide bonds. The molecule has 2 fully saturated rings. The van der Waals surface area contributed by atoms with Crippen LogP contribution in [0.3, 0.4) is 0 Å². The van der Waals surface area contributed by atoms with Crippen molar-refractivity contribution in [3.05, 3.63) is 0 Å². The van der Waals surface area contributed by atoms with Crippen LogP contribution in [0.5, 0.6) is 0 Å². The van der Waals surface area contributed by atoms with Crippen LogP contribution < -0.4 is 10.6 Å². The standard InChI is InChI=1S/C12H22N2O2/c1-2-5-12(6-3-7-13-12)11(15)14-10-4-8-16-9-10/h10,13H,2-9H2,1H3,(H,14,15). The van der Waals surface area contributed by atoms with Crippen molar-refractivity contribution >= 4 is 5.91 Å². The predicted molar refractivity (Wildman–Crippen MR) is 62.2 cm³/mol. The number of ether oxygens (including phenoxy) is 1. The van der Waals surface area contributed by atoms with Gasteiger partial charge in [0.05, 0.1) is 18.2 Å². The molecule has 92 valence electrons. The minimum atomic E-state index is -0.294. The van der Waals surface area contributed by atoms with E-state index in [4.69, 9.17) is 4.74 Å². The molecule has 0 bridgehead atoms. The molecule has 2 aliphatic rings. The Bertz CT molecular complexity index is 243. The van der Waals surface area contributed by atoms with Crippen molar-refractivity contribution in [3.63, 3.8) is 0 Å². The average Bonchev–Trinajstić information content (AvgIpc) is 2.89. The van der Waals surface area contributed by atoms with Gasteiger partial charge in [-0.15, -0.1) is 0 Å². The molecule has 0 aliphatic carbocycles. The number of hydrogen-bond donors (Lipinski definition) is 2. The molecule has 0 radical (unpaired) electrons. The van der Waals surface area contributed by atoms with Gasteiger partial charge in [-0.3, -0.25) is 4.79 Å². The zero-order chi connectivity index (χ0) is 11.4. The van der Waals surface area contributed by atoms with Crippen LogP contribution in [0.4, 0.5) is 0 Å². The van der Waals surface area contributed by atoms with Crippen LogP contribution in [0.15, 0.2) is 0 Å². The highest BCUT2D eigenvalue weighted by molar-refractivity contribution is 5.87. The Morgan fingerprint density at radius 2 is 2.50 bits per heavy atom. The number of rotatable bonds is 4. The molecule has 0 spiro atoms. The number of hydrogen-bond acceptors (Lipinski definition) is 3. The summed E-state index contributed by atoms with van der Waals surface area (Å²) in [5.41, 5.74) is -0.294. The van der Waals surface area contributed by atoms with Crippen molar-refractivity contribution in [1.29, 1.82) is 0 Å². The molecule has 2 aliphatic heterocycles. The van der Waals surface area contributed by atoms with Crippen LogP contribution in [0.25, 0.3) is 0 Å². The van der Waals surface area contributed by atoms with Crippen molar-refractivity contribution < 1.29 is 9.53 Å². The van der Waals surface area contributed by atoms with Gasteiger partial charge in [0.15, 0.2) is 0 Å². The van der Waals surface area contributed by atoms with Crippen LogP contribution in [0.2, 0.25) is 0 Å². The topological polar surface area (TPSA) is 50.4 Å². The van der Waals surface area contributed by atoms with E-state index in [1.807, 2.05) is 0 Å². The van der Waals surface area contributed by atoms with Crippen LogP contribution in [0.1, 0.15) is 39.0 Å². The lowest BCUT2D eigenvalue weighted by Crippen LogP contribution is -2.55. The van der Waals surface area contributed by atoms with Gasteiger partial charge in [-0.1, -0.05) is 13.3 Å². The monoisotopic (exact) mass is 226 g/mol. The molecule has 2 saturated heterocycles. The Balaban J connectivity index is 1.93. The van der Waals surface area contributed by atoms with Gasteiger partial charge in [0.25, 0.3) is 0 Å². The summed E-state index contributed by atoms with van der Waals surface area (Å²) in [6.45, 7) is 4.55. The van der Waals surface area contributed by atoms with Gasteiger partial charge in [0.1, 0.15) is 0 Å². The van der Waals surface area contributed by atoms with Crippen LogP contribution >= 0.6 is 0 Å². The molecule has 2 rings (SSSR count). The van der Waals surface area contributed by atoms with E-state index in [0.717, 1.165) is 45.3 Å². The van der Waals surface area contributed by atoms with Crippen molar-refractivity contribution in [2.75, 3.05) is 19.8 Å². The summed E-state index contributed by atoms with van der Waals surface area (Å²) >= 11 is 0. The van der Waals surface area contributed by atoms with E-state index in [1.54, 1.807) is 0 Å². The molecule has 0 aromatic heterocycles.